The van der Waals surface area contributed by atoms with E-state index in [0.717, 1.165) is 6.29 Å². The van der Waals surface area contributed by atoms with Crippen molar-refractivity contribution < 1.29 is 4.79 Å². The largest absolute Gasteiger partial charge is 0.399 e. The van der Waals surface area contributed by atoms with Crippen LogP contribution in [-0.4, -0.2) is 6.29 Å². The van der Waals surface area contributed by atoms with Crippen LogP contribution in [0.5, 0.6) is 0 Å². The molecule has 0 aromatic carbocycles. The van der Waals surface area contributed by atoms with Gasteiger partial charge in [0.1, 0.15) is 6.29 Å². The van der Waals surface area contributed by atoms with Gasteiger partial charge in [0.2, 0.25) is 0 Å². The second kappa shape index (κ2) is 5.74. The standard InChI is InChI=1S/C8H10ClNO/c1-7(6-11)2-3-8(10)4-5-9/h2-6H,10H2,1H3/b5-4+,7-2+,8-3+. The molecule has 0 atom stereocenters. The van der Waals surface area contributed by atoms with Crippen molar-refractivity contribution in [2.75, 3.05) is 0 Å². The molecule has 2 N–H and O–H groups in total. The Morgan fingerprint density at radius 1 is 1.45 bits per heavy atom. The Balaban J connectivity index is 4.21. The molecule has 0 amide bonds. The summed E-state index contributed by atoms with van der Waals surface area (Å²) in [5, 5.41) is 0. The number of aldehydes is 1. The van der Waals surface area contributed by atoms with Crippen molar-refractivity contribution in [1.29, 1.82) is 0 Å². The Bertz CT molecular complexity index is 216. The highest BCUT2D eigenvalue weighted by Crippen LogP contribution is 1.93. The van der Waals surface area contributed by atoms with Gasteiger partial charge in [-0.25, -0.2) is 0 Å². The van der Waals surface area contributed by atoms with Gasteiger partial charge in [-0.2, -0.15) is 0 Å². The summed E-state index contributed by atoms with van der Waals surface area (Å²) < 4.78 is 0. The van der Waals surface area contributed by atoms with Crippen molar-refractivity contribution in [3.8, 4) is 0 Å². The third-order valence-electron chi connectivity index (χ3n) is 0.980. The first kappa shape index (κ1) is 9.98. The summed E-state index contributed by atoms with van der Waals surface area (Å²) in [6.07, 6.45) is 5.53. The highest BCUT2D eigenvalue weighted by atomic mass is 35.5. The lowest BCUT2D eigenvalue weighted by Crippen LogP contribution is -1.90. The Hall–Kier alpha value is -1.02. The molecule has 0 heterocycles. The van der Waals surface area contributed by atoms with Crippen LogP contribution in [0, 0.1) is 0 Å². The molecule has 0 radical (unpaired) electrons. The van der Waals surface area contributed by atoms with Crippen LogP contribution in [-0.2, 0) is 4.79 Å². The lowest BCUT2D eigenvalue weighted by molar-refractivity contribution is -0.104. The zero-order valence-corrected chi connectivity index (χ0v) is 7.01. The number of nitrogens with two attached hydrogens (primary N) is 1. The summed E-state index contributed by atoms with van der Waals surface area (Å²) in [5.41, 5.74) is 7.87. The summed E-state index contributed by atoms with van der Waals surface area (Å²) in [6.45, 7) is 1.70. The average Bonchev–Trinajstić information content (AvgIpc) is 2.01. The van der Waals surface area contributed by atoms with Gasteiger partial charge in [0.15, 0.2) is 0 Å². The topological polar surface area (TPSA) is 43.1 Å². The smallest absolute Gasteiger partial charge is 0.145 e. The van der Waals surface area contributed by atoms with Crippen molar-refractivity contribution in [3.63, 3.8) is 0 Å². The minimum absolute atomic E-state index is 0.515. The maximum atomic E-state index is 10.1. The fraction of sp³-hybridized carbons (Fsp3) is 0.125. The first-order valence-electron chi connectivity index (χ1n) is 3.06. The molecular formula is C8H10ClNO. The van der Waals surface area contributed by atoms with Gasteiger partial charge in [0.25, 0.3) is 0 Å². The number of hydrogen-bond donors (Lipinski definition) is 1. The minimum atomic E-state index is 0.515. The van der Waals surface area contributed by atoms with E-state index in [0.29, 0.717) is 11.3 Å². The fourth-order valence-corrected chi connectivity index (χ4v) is 0.541. The van der Waals surface area contributed by atoms with Crippen LogP contribution in [0.4, 0.5) is 0 Å². The number of carbonyl (C=O) groups excluding carboxylic acids is 1. The van der Waals surface area contributed by atoms with Crippen LogP contribution in [0.3, 0.4) is 0 Å². The van der Waals surface area contributed by atoms with Crippen molar-refractivity contribution >= 4 is 17.9 Å². The van der Waals surface area contributed by atoms with Gasteiger partial charge in [-0.3, -0.25) is 4.79 Å². The van der Waals surface area contributed by atoms with E-state index < -0.39 is 0 Å². The van der Waals surface area contributed by atoms with Crippen LogP contribution in [0.1, 0.15) is 6.92 Å². The van der Waals surface area contributed by atoms with E-state index in [2.05, 4.69) is 0 Å². The Labute approximate surface area is 71.0 Å². The number of hydrogen-bond acceptors (Lipinski definition) is 2. The number of halogens is 1. The second-order valence-electron chi connectivity index (χ2n) is 1.99. The Kier molecular flexibility index (Phi) is 5.21. The van der Waals surface area contributed by atoms with Crippen molar-refractivity contribution in [2.24, 2.45) is 5.73 Å². The predicted octanol–water partition coefficient (Wildman–Crippen LogP) is 1.73. The summed E-state index contributed by atoms with van der Waals surface area (Å²) in [4.78, 5) is 10.1. The van der Waals surface area contributed by atoms with E-state index in [4.69, 9.17) is 17.3 Å². The zero-order chi connectivity index (χ0) is 8.69. The van der Waals surface area contributed by atoms with E-state index >= 15 is 0 Å². The molecule has 0 bridgehead atoms. The molecule has 0 aliphatic heterocycles. The quantitative estimate of drug-likeness (QED) is 0.399. The van der Waals surface area contributed by atoms with Crippen LogP contribution in [0.2, 0.25) is 0 Å². The highest BCUT2D eigenvalue weighted by molar-refractivity contribution is 6.25. The molecule has 0 aliphatic rings. The summed E-state index contributed by atoms with van der Waals surface area (Å²) in [7, 11) is 0. The molecule has 0 aromatic rings. The molecule has 60 valence electrons. The maximum absolute atomic E-state index is 10.1. The predicted molar refractivity (Wildman–Crippen MR) is 47.1 cm³/mol. The second-order valence-corrected chi connectivity index (χ2v) is 2.24. The lowest BCUT2D eigenvalue weighted by atomic mass is 10.3. The van der Waals surface area contributed by atoms with Crippen molar-refractivity contribution in [1.82, 2.24) is 0 Å². The SMILES string of the molecule is C\C(C=O)=C/C=C(N)\C=C\Cl. The average molecular weight is 172 g/mol. The highest BCUT2D eigenvalue weighted by Gasteiger charge is 1.81. The third-order valence-corrected chi connectivity index (χ3v) is 1.11. The Morgan fingerprint density at radius 3 is 2.55 bits per heavy atom. The molecule has 11 heavy (non-hydrogen) atoms. The van der Waals surface area contributed by atoms with Gasteiger partial charge in [0.05, 0.1) is 0 Å². The summed E-state index contributed by atoms with van der Waals surface area (Å²) >= 11 is 5.25. The molecular weight excluding hydrogens is 162 g/mol. The molecule has 0 aliphatic carbocycles. The minimum Gasteiger partial charge on any atom is -0.399 e. The maximum Gasteiger partial charge on any atom is 0.145 e. The number of carbonyl (C=O) groups is 1. The molecule has 0 aromatic heterocycles. The number of allylic oxidation sites excluding steroid dienone is 4. The molecule has 0 unspecified atom stereocenters. The Morgan fingerprint density at radius 2 is 2.09 bits per heavy atom. The molecule has 0 rings (SSSR count). The first-order chi connectivity index (χ1) is 5.20. The van der Waals surface area contributed by atoms with E-state index in [1.54, 1.807) is 19.1 Å². The lowest BCUT2D eigenvalue weighted by Gasteiger charge is -1.87. The van der Waals surface area contributed by atoms with Gasteiger partial charge < -0.3 is 5.73 Å². The normalized spacial score (nSPS) is 14.0. The van der Waals surface area contributed by atoms with Crippen LogP contribution < -0.4 is 5.73 Å². The van der Waals surface area contributed by atoms with Crippen molar-refractivity contribution in [3.05, 3.63) is 35.0 Å². The van der Waals surface area contributed by atoms with E-state index in [1.807, 2.05) is 0 Å². The van der Waals surface area contributed by atoms with E-state index in [-0.39, 0.29) is 0 Å². The molecule has 2 nitrogen and oxygen atoms in total. The van der Waals surface area contributed by atoms with Crippen LogP contribution in [0.15, 0.2) is 35.0 Å². The molecule has 0 fully saturated rings. The zero-order valence-electron chi connectivity index (χ0n) is 6.25. The van der Waals surface area contributed by atoms with Crippen molar-refractivity contribution in [2.45, 2.75) is 6.92 Å². The van der Waals surface area contributed by atoms with E-state index in [9.17, 15) is 4.79 Å². The fourth-order valence-electron chi connectivity index (χ4n) is 0.395. The van der Waals surface area contributed by atoms with E-state index in [1.165, 1.54) is 11.6 Å². The molecule has 3 heteroatoms. The van der Waals surface area contributed by atoms with Crippen LogP contribution in [0.25, 0.3) is 0 Å². The van der Waals surface area contributed by atoms with Gasteiger partial charge in [0, 0.05) is 11.2 Å². The monoisotopic (exact) mass is 171 g/mol. The van der Waals surface area contributed by atoms with Gasteiger partial charge >= 0.3 is 0 Å². The van der Waals surface area contributed by atoms with Gasteiger partial charge in [-0.15, -0.1) is 0 Å². The summed E-state index contributed by atoms with van der Waals surface area (Å²) in [5.74, 6) is 0. The molecule has 0 spiro atoms. The van der Waals surface area contributed by atoms with Gasteiger partial charge in [-0.05, 0) is 24.6 Å². The summed E-state index contributed by atoms with van der Waals surface area (Å²) in [6, 6.07) is 0. The molecule has 0 saturated carbocycles. The number of rotatable bonds is 3. The third kappa shape index (κ3) is 5.43. The van der Waals surface area contributed by atoms with Gasteiger partial charge in [-0.1, -0.05) is 17.7 Å². The van der Waals surface area contributed by atoms with Crippen LogP contribution >= 0.6 is 11.6 Å². The molecule has 0 saturated heterocycles. The first-order valence-corrected chi connectivity index (χ1v) is 3.50.